The van der Waals surface area contributed by atoms with Crippen LogP contribution in [0.15, 0.2) is 46.9 Å². The summed E-state index contributed by atoms with van der Waals surface area (Å²) in [5.41, 5.74) is 3.12. The molecule has 1 unspecified atom stereocenters. The van der Waals surface area contributed by atoms with Crippen LogP contribution in [0, 0.1) is 5.92 Å². The maximum absolute atomic E-state index is 6.67. The largest absolute Gasteiger partial charge is 0.456 e. The Kier molecular flexibility index (Phi) is 3.39. The van der Waals surface area contributed by atoms with Crippen molar-refractivity contribution in [3.8, 4) is 0 Å². The number of hydrogen-bond acceptors (Lipinski definition) is 1. The summed E-state index contributed by atoms with van der Waals surface area (Å²) in [6, 6.07) is 14.6. The van der Waals surface area contributed by atoms with Crippen LogP contribution < -0.4 is 0 Å². The van der Waals surface area contributed by atoms with Crippen molar-refractivity contribution in [3.05, 3.63) is 48.0 Å². The fourth-order valence-corrected chi connectivity index (χ4v) is 4.00. The van der Waals surface area contributed by atoms with Crippen LogP contribution in [0.1, 0.15) is 43.0 Å². The van der Waals surface area contributed by atoms with Gasteiger partial charge in [-0.15, -0.1) is 11.6 Å². The minimum atomic E-state index is 0.117. The van der Waals surface area contributed by atoms with Crippen LogP contribution in [0.3, 0.4) is 0 Å². The number of para-hydroxylation sites is 1. The van der Waals surface area contributed by atoms with E-state index in [2.05, 4.69) is 30.3 Å². The van der Waals surface area contributed by atoms with Gasteiger partial charge in [0.2, 0.25) is 0 Å². The second kappa shape index (κ2) is 5.38. The van der Waals surface area contributed by atoms with Crippen LogP contribution >= 0.6 is 11.6 Å². The molecule has 0 N–H and O–H groups in total. The van der Waals surface area contributed by atoms with Crippen LogP contribution in [0.25, 0.3) is 21.9 Å². The molecule has 0 spiro atoms. The maximum Gasteiger partial charge on any atom is 0.135 e. The van der Waals surface area contributed by atoms with Gasteiger partial charge < -0.3 is 4.42 Å². The molecule has 1 aromatic heterocycles. The first-order valence-corrected chi connectivity index (χ1v) is 8.30. The van der Waals surface area contributed by atoms with Gasteiger partial charge in [0.15, 0.2) is 0 Å². The average molecular weight is 299 g/mol. The molecule has 1 aliphatic carbocycles. The normalized spacial score (nSPS) is 17.8. The van der Waals surface area contributed by atoms with Crippen molar-refractivity contribution in [1.82, 2.24) is 0 Å². The topological polar surface area (TPSA) is 13.1 Å². The summed E-state index contributed by atoms with van der Waals surface area (Å²) in [6.45, 7) is 0. The van der Waals surface area contributed by atoms with E-state index in [-0.39, 0.29) is 5.38 Å². The van der Waals surface area contributed by atoms with E-state index >= 15 is 0 Å². The first kappa shape index (κ1) is 13.2. The number of rotatable bonds is 3. The molecule has 1 nitrogen and oxygen atoms in total. The van der Waals surface area contributed by atoms with Crippen molar-refractivity contribution in [2.24, 2.45) is 5.92 Å². The van der Waals surface area contributed by atoms with Crippen LogP contribution in [0.2, 0.25) is 0 Å². The fraction of sp³-hybridized carbons (Fsp3) is 0.368. The van der Waals surface area contributed by atoms with Crippen molar-refractivity contribution in [1.29, 1.82) is 0 Å². The lowest BCUT2D eigenvalue weighted by Crippen LogP contribution is -1.99. The quantitative estimate of drug-likeness (QED) is 0.507. The van der Waals surface area contributed by atoms with Crippen LogP contribution in [0.5, 0.6) is 0 Å². The Morgan fingerprint density at radius 2 is 1.76 bits per heavy atom. The van der Waals surface area contributed by atoms with Crippen molar-refractivity contribution in [2.45, 2.75) is 37.5 Å². The first-order chi connectivity index (χ1) is 10.3. The predicted octanol–water partition coefficient (Wildman–Crippen LogP) is 6.45. The minimum Gasteiger partial charge on any atom is -0.456 e. The predicted molar refractivity (Wildman–Crippen MR) is 88.9 cm³/mol. The van der Waals surface area contributed by atoms with E-state index < -0.39 is 0 Å². The van der Waals surface area contributed by atoms with Gasteiger partial charge in [-0.25, -0.2) is 0 Å². The standard InChI is InChI=1S/C19H19ClO/c20-17(11-13-5-1-2-6-13)14-9-10-19-16(12-14)15-7-3-4-8-18(15)21-19/h3-4,7-10,12-13,17H,1-2,5-6,11H2. The number of fused-ring (bicyclic) bond motifs is 3. The van der Waals surface area contributed by atoms with Gasteiger partial charge in [-0.3, -0.25) is 0 Å². The zero-order valence-electron chi connectivity index (χ0n) is 12.0. The highest BCUT2D eigenvalue weighted by molar-refractivity contribution is 6.21. The Morgan fingerprint density at radius 3 is 2.62 bits per heavy atom. The van der Waals surface area contributed by atoms with E-state index in [0.29, 0.717) is 0 Å². The lowest BCUT2D eigenvalue weighted by molar-refractivity contribution is 0.496. The third-order valence-electron chi connectivity index (χ3n) is 4.78. The highest BCUT2D eigenvalue weighted by Crippen LogP contribution is 2.38. The molecule has 2 heteroatoms. The molecule has 2 aromatic carbocycles. The lowest BCUT2D eigenvalue weighted by Gasteiger charge is -2.14. The monoisotopic (exact) mass is 298 g/mol. The lowest BCUT2D eigenvalue weighted by atomic mass is 9.97. The van der Waals surface area contributed by atoms with E-state index in [1.165, 1.54) is 42.0 Å². The molecule has 0 radical (unpaired) electrons. The molecular formula is C19H19ClO. The molecule has 1 heterocycles. The van der Waals surface area contributed by atoms with E-state index in [9.17, 15) is 0 Å². The minimum absolute atomic E-state index is 0.117. The Labute approximate surface area is 129 Å². The molecule has 0 saturated heterocycles. The molecule has 0 bridgehead atoms. The number of furan rings is 1. The Morgan fingerprint density at radius 1 is 1.00 bits per heavy atom. The molecular weight excluding hydrogens is 280 g/mol. The highest BCUT2D eigenvalue weighted by Gasteiger charge is 2.20. The van der Waals surface area contributed by atoms with Gasteiger partial charge in [-0.05, 0) is 36.1 Å². The number of alkyl halides is 1. The summed E-state index contributed by atoms with van der Waals surface area (Å²) in [5, 5.41) is 2.48. The smallest absolute Gasteiger partial charge is 0.135 e. The van der Waals surface area contributed by atoms with Gasteiger partial charge >= 0.3 is 0 Å². The van der Waals surface area contributed by atoms with Crippen molar-refractivity contribution in [3.63, 3.8) is 0 Å². The molecule has 1 saturated carbocycles. The van der Waals surface area contributed by atoms with Gasteiger partial charge in [0, 0.05) is 10.8 Å². The van der Waals surface area contributed by atoms with Crippen LogP contribution in [-0.4, -0.2) is 0 Å². The van der Waals surface area contributed by atoms with Crippen LogP contribution in [0.4, 0.5) is 0 Å². The fourth-order valence-electron chi connectivity index (χ4n) is 3.61. The Balaban J connectivity index is 1.70. The highest BCUT2D eigenvalue weighted by atomic mass is 35.5. The number of benzene rings is 2. The van der Waals surface area contributed by atoms with E-state index in [4.69, 9.17) is 16.0 Å². The second-order valence-corrected chi connectivity index (χ2v) is 6.73. The molecule has 4 rings (SSSR count). The van der Waals surface area contributed by atoms with Crippen molar-refractivity contribution < 1.29 is 4.42 Å². The zero-order valence-corrected chi connectivity index (χ0v) is 12.8. The van der Waals surface area contributed by atoms with Gasteiger partial charge in [0.1, 0.15) is 11.2 Å². The molecule has 0 aliphatic heterocycles. The van der Waals surface area contributed by atoms with Gasteiger partial charge in [0.05, 0.1) is 5.38 Å². The van der Waals surface area contributed by atoms with Crippen molar-refractivity contribution >= 4 is 33.5 Å². The van der Waals surface area contributed by atoms with Crippen LogP contribution in [-0.2, 0) is 0 Å². The Hall–Kier alpha value is -1.47. The Bertz CT molecular complexity index is 767. The van der Waals surface area contributed by atoms with Gasteiger partial charge in [0.25, 0.3) is 0 Å². The summed E-state index contributed by atoms with van der Waals surface area (Å²) in [6.07, 6.45) is 6.54. The number of halogens is 1. The summed E-state index contributed by atoms with van der Waals surface area (Å²) in [7, 11) is 0. The first-order valence-electron chi connectivity index (χ1n) is 7.86. The van der Waals surface area contributed by atoms with E-state index in [1.54, 1.807) is 0 Å². The third-order valence-corrected chi connectivity index (χ3v) is 5.21. The summed E-state index contributed by atoms with van der Waals surface area (Å²) in [5.74, 6) is 0.810. The molecule has 1 aliphatic rings. The van der Waals surface area contributed by atoms with Gasteiger partial charge in [-0.2, -0.15) is 0 Å². The zero-order chi connectivity index (χ0) is 14.2. The summed E-state index contributed by atoms with van der Waals surface area (Å²) >= 11 is 6.67. The summed E-state index contributed by atoms with van der Waals surface area (Å²) < 4.78 is 5.88. The summed E-state index contributed by atoms with van der Waals surface area (Å²) in [4.78, 5) is 0. The SMILES string of the molecule is ClC(CC1CCCC1)c1ccc2oc3ccccc3c2c1. The van der Waals surface area contributed by atoms with E-state index in [1.807, 2.05) is 12.1 Å². The molecule has 1 atom stereocenters. The molecule has 108 valence electrons. The molecule has 21 heavy (non-hydrogen) atoms. The average Bonchev–Trinajstić information content (AvgIpc) is 3.13. The number of hydrogen-bond donors (Lipinski definition) is 0. The molecule has 0 amide bonds. The van der Waals surface area contributed by atoms with Crippen molar-refractivity contribution in [2.75, 3.05) is 0 Å². The third kappa shape index (κ3) is 2.44. The second-order valence-electron chi connectivity index (χ2n) is 6.21. The van der Waals surface area contributed by atoms with Gasteiger partial charge in [-0.1, -0.05) is 49.9 Å². The molecule has 1 fully saturated rings. The van der Waals surface area contributed by atoms with E-state index in [0.717, 1.165) is 23.5 Å². The maximum atomic E-state index is 6.67. The molecule has 3 aromatic rings.